The monoisotopic (exact) mass is 611 g/mol. The van der Waals surface area contributed by atoms with Gasteiger partial charge in [0.2, 0.25) is 0 Å². The summed E-state index contributed by atoms with van der Waals surface area (Å²) in [5.41, 5.74) is 12.4. The fourth-order valence-corrected chi connectivity index (χ4v) is 7.57. The topological polar surface area (TPSA) is 4.93 Å². The molecule has 48 heavy (non-hydrogen) atoms. The molecule has 0 spiro atoms. The lowest BCUT2D eigenvalue weighted by Gasteiger charge is -2.24. The molecule has 0 aliphatic heterocycles. The molecule has 8 aromatic carbocycles. The zero-order valence-electron chi connectivity index (χ0n) is 26.5. The van der Waals surface area contributed by atoms with Gasteiger partial charge < -0.3 is 4.57 Å². The largest absolute Gasteiger partial charge is 0.309 e. The number of para-hydroxylation sites is 2. The van der Waals surface area contributed by atoms with E-state index in [1.54, 1.807) is 0 Å². The standard InChI is InChI=1S/C47H33N/c1-5-17-33(18-6-1)37-29-38(34-19-7-2-8-20-34)31-39(30-37)45(35-21-9-3-10-22-35)47-41-26-14-13-23-36(41)32-44-46(47)42-27-15-16-28-43(42)48(44)40-24-11-4-12-25-40/h1-32,45H. The summed E-state index contributed by atoms with van der Waals surface area (Å²) >= 11 is 0. The summed E-state index contributed by atoms with van der Waals surface area (Å²) < 4.78 is 2.44. The van der Waals surface area contributed by atoms with Crippen LogP contribution in [-0.4, -0.2) is 4.57 Å². The summed E-state index contributed by atoms with van der Waals surface area (Å²) in [6, 6.07) is 70.8. The van der Waals surface area contributed by atoms with Gasteiger partial charge in [-0.05, 0) is 80.0 Å². The third-order valence-corrected chi connectivity index (χ3v) is 9.66. The second-order valence-corrected chi connectivity index (χ2v) is 12.5. The Labute approximate surface area is 281 Å². The predicted octanol–water partition coefficient (Wildman–Crippen LogP) is 12.5. The molecule has 0 N–H and O–H groups in total. The van der Waals surface area contributed by atoms with Crippen molar-refractivity contribution >= 4 is 32.6 Å². The van der Waals surface area contributed by atoms with E-state index in [0.717, 1.165) is 0 Å². The Morgan fingerprint density at radius 2 is 0.875 bits per heavy atom. The molecule has 0 amide bonds. The van der Waals surface area contributed by atoms with Crippen molar-refractivity contribution in [2.24, 2.45) is 0 Å². The number of nitrogens with zero attached hydrogens (tertiary/aromatic N) is 1. The molecule has 1 aromatic heterocycles. The third-order valence-electron chi connectivity index (χ3n) is 9.66. The van der Waals surface area contributed by atoms with Crippen LogP contribution < -0.4 is 0 Å². The van der Waals surface area contributed by atoms with E-state index >= 15 is 0 Å². The molecule has 0 saturated heterocycles. The Balaban J connectivity index is 1.44. The first-order valence-electron chi connectivity index (χ1n) is 16.6. The number of fused-ring (bicyclic) bond motifs is 4. The zero-order chi connectivity index (χ0) is 31.9. The summed E-state index contributed by atoms with van der Waals surface area (Å²) in [7, 11) is 0. The van der Waals surface area contributed by atoms with Crippen molar-refractivity contribution in [1.82, 2.24) is 4.57 Å². The zero-order valence-corrected chi connectivity index (χ0v) is 26.5. The number of benzene rings is 8. The number of hydrogen-bond donors (Lipinski definition) is 0. The van der Waals surface area contributed by atoms with Crippen molar-refractivity contribution in [3.8, 4) is 27.9 Å². The Hall–Kier alpha value is -6.18. The first kappa shape index (κ1) is 28.1. The first-order chi connectivity index (χ1) is 23.8. The van der Waals surface area contributed by atoms with Gasteiger partial charge in [0.25, 0.3) is 0 Å². The lowest BCUT2D eigenvalue weighted by Crippen LogP contribution is -2.06. The highest BCUT2D eigenvalue weighted by molar-refractivity contribution is 6.17. The van der Waals surface area contributed by atoms with Gasteiger partial charge in [-0.25, -0.2) is 0 Å². The molecule has 1 heteroatoms. The van der Waals surface area contributed by atoms with Crippen LogP contribution in [0.5, 0.6) is 0 Å². The van der Waals surface area contributed by atoms with Crippen molar-refractivity contribution in [3.63, 3.8) is 0 Å². The Bertz CT molecular complexity index is 2470. The van der Waals surface area contributed by atoms with E-state index < -0.39 is 0 Å². The molecule has 0 saturated carbocycles. The molecular weight excluding hydrogens is 579 g/mol. The fourth-order valence-electron chi connectivity index (χ4n) is 7.57. The van der Waals surface area contributed by atoms with Crippen LogP contribution >= 0.6 is 0 Å². The van der Waals surface area contributed by atoms with Crippen molar-refractivity contribution in [2.75, 3.05) is 0 Å². The smallest absolute Gasteiger partial charge is 0.0550 e. The molecule has 0 aliphatic rings. The highest BCUT2D eigenvalue weighted by Crippen LogP contribution is 2.46. The molecule has 9 aromatic rings. The van der Waals surface area contributed by atoms with Crippen molar-refractivity contribution in [3.05, 3.63) is 211 Å². The number of rotatable bonds is 6. The highest BCUT2D eigenvalue weighted by Gasteiger charge is 2.26. The lowest BCUT2D eigenvalue weighted by molar-refractivity contribution is 1.00. The minimum absolute atomic E-state index is 0.0269. The minimum Gasteiger partial charge on any atom is -0.309 e. The van der Waals surface area contributed by atoms with Crippen LogP contribution in [0.4, 0.5) is 0 Å². The normalized spacial score (nSPS) is 12.1. The highest BCUT2D eigenvalue weighted by atomic mass is 15.0. The van der Waals surface area contributed by atoms with E-state index in [4.69, 9.17) is 0 Å². The van der Waals surface area contributed by atoms with Crippen LogP contribution in [0.2, 0.25) is 0 Å². The van der Waals surface area contributed by atoms with Gasteiger partial charge in [-0.15, -0.1) is 0 Å². The van der Waals surface area contributed by atoms with Crippen LogP contribution in [0.3, 0.4) is 0 Å². The Morgan fingerprint density at radius 1 is 0.354 bits per heavy atom. The Kier molecular flexibility index (Phi) is 6.95. The molecule has 0 aliphatic carbocycles. The van der Waals surface area contributed by atoms with Crippen LogP contribution in [0.25, 0.3) is 60.5 Å². The summed E-state index contributed by atoms with van der Waals surface area (Å²) in [6.07, 6.45) is 0. The van der Waals surface area contributed by atoms with Crippen molar-refractivity contribution in [2.45, 2.75) is 5.92 Å². The molecule has 9 rings (SSSR count). The molecule has 1 heterocycles. The van der Waals surface area contributed by atoms with Gasteiger partial charge >= 0.3 is 0 Å². The second kappa shape index (κ2) is 11.9. The van der Waals surface area contributed by atoms with E-state index in [-0.39, 0.29) is 5.92 Å². The SMILES string of the molecule is c1ccc(-c2cc(-c3ccccc3)cc(C(c3ccccc3)c3c4ccccc4cc4c3c3ccccc3n4-c3ccccc3)c2)cc1. The molecule has 1 nitrogen and oxygen atoms in total. The summed E-state index contributed by atoms with van der Waals surface area (Å²) in [4.78, 5) is 0. The summed E-state index contributed by atoms with van der Waals surface area (Å²) in [5, 5.41) is 5.08. The number of hydrogen-bond acceptors (Lipinski definition) is 0. The minimum atomic E-state index is -0.0269. The predicted molar refractivity (Wildman–Crippen MR) is 203 cm³/mol. The lowest BCUT2D eigenvalue weighted by atomic mass is 9.79. The molecule has 226 valence electrons. The van der Waals surface area contributed by atoms with Gasteiger partial charge in [0.1, 0.15) is 0 Å². The average Bonchev–Trinajstić information content (AvgIpc) is 3.50. The van der Waals surface area contributed by atoms with Gasteiger partial charge in [0.05, 0.1) is 11.0 Å². The molecular formula is C47H33N. The van der Waals surface area contributed by atoms with Crippen LogP contribution in [0, 0.1) is 0 Å². The van der Waals surface area contributed by atoms with E-state index in [1.807, 2.05) is 0 Å². The van der Waals surface area contributed by atoms with Crippen LogP contribution in [0.1, 0.15) is 22.6 Å². The van der Waals surface area contributed by atoms with Gasteiger partial charge in [0, 0.05) is 22.4 Å². The van der Waals surface area contributed by atoms with E-state index in [9.17, 15) is 0 Å². The third kappa shape index (κ3) is 4.80. The quantitative estimate of drug-likeness (QED) is 0.165. The summed E-state index contributed by atoms with van der Waals surface area (Å²) in [5.74, 6) is -0.0269. The molecule has 1 atom stereocenters. The second-order valence-electron chi connectivity index (χ2n) is 12.5. The van der Waals surface area contributed by atoms with E-state index in [2.05, 4.69) is 199 Å². The maximum Gasteiger partial charge on any atom is 0.0550 e. The summed E-state index contributed by atoms with van der Waals surface area (Å²) in [6.45, 7) is 0. The van der Waals surface area contributed by atoms with Crippen LogP contribution in [-0.2, 0) is 0 Å². The first-order valence-corrected chi connectivity index (χ1v) is 16.6. The van der Waals surface area contributed by atoms with E-state index in [0.29, 0.717) is 0 Å². The van der Waals surface area contributed by atoms with Gasteiger partial charge in [-0.1, -0.05) is 164 Å². The average molecular weight is 612 g/mol. The number of aromatic nitrogens is 1. The van der Waals surface area contributed by atoms with E-state index in [1.165, 1.54) is 77.2 Å². The molecule has 0 radical (unpaired) electrons. The fraction of sp³-hybridized carbons (Fsp3) is 0.0213. The molecule has 0 bridgehead atoms. The van der Waals surface area contributed by atoms with Crippen LogP contribution in [0.15, 0.2) is 194 Å². The van der Waals surface area contributed by atoms with Gasteiger partial charge in [-0.3, -0.25) is 0 Å². The Morgan fingerprint density at radius 3 is 1.52 bits per heavy atom. The maximum absolute atomic E-state index is 2.44. The molecule has 1 unspecified atom stereocenters. The van der Waals surface area contributed by atoms with Crippen molar-refractivity contribution in [1.29, 1.82) is 0 Å². The van der Waals surface area contributed by atoms with Gasteiger partial charge in [-0.2, -0.15) is 0 Å². The van der Waals surface area contributed by atoms with Crippen molar-refractivity contribution < 1.29 is 0 Å². The van der Waals surface area contributed by atoms with Gasteiger partial charge in [0.15, 0.2) is 0 Å². The maximum atomic E-state index is 2.44. The molecule has 0 fully saturated rings.